The van der Waals surface area contributed by atoms with E-state index in [0.717, 1.165) is 43.9 Å². The lowest BCUT2D eigenvalue weighted by atomic mass is 9.76. The minimum absolute atomic E-state index is 0.152. The van der Waals surface area contributed by atoms with E-state index in [-0.39, 0.29) is 11.9 Å². The van der Waals surface area contributed by atoms with E-state index in [1.54, 1.807) is 0 Å². The van der Waals surface area contributed by atoms with Crippen molar-refractivity contribution in [1.29, 1.82) is 0 Å². The van der Waals surface area contributed by atoms with E-state index in [9.17, 15) is 4.79 Å². The second-order valence-corrected chi connectivity index (χ2v) is 9.33. The van der Waals surface area contributed by atoms with Crippen LogP contribution in [0.4, 0.5) is 11.4 Å². The molecule has 1 aliphatic carbocycles. The van der Waals surface area contributed by atoms with Gasteiger partial charge in [0.2, 0.25) is 0 Å². The summed E-state index contributed by atoms with van der Waals surface area (Å²) in [6.07, 6.45) is 5.71. The van der Waals surface area contributed by atoms with Gasteiger partial charge in [0.1, 0.15) is 0 Å². The van der Waals surface area contributed by atoms with Crippen LogP contribution in [0.15, 0.2) is 54.6 Å². The molecule has 0 radical (unpaired) electrons. The highest BCUT2D eigenvalue weighted by molar-refractivity contribution is 6.01. The molecular weight excluding hydrogens is 384 g/mol. The molecule has 3 unspecified atom stereocenters. The Morgan fingerprint density at radius 2 is 1.77 bits per heavy atom. The normalized spacial score (nSPS) is 25.0. The number of rotatable bonds is 3. The molecule has 2 heterocycles. The van der Waals surface area contributed by atoms with Crippen molar-refractivity contribution in [3.63, 3.8) is 0 Å². The number of allylic oxidation sites excluding steroid dienone is 2. The molecule has 31 heavy (non-hydrogen) atoms. The zero-order chi connectivity index (χ0) is 21.5. The van der Waals surface area contributed by atoms with Crippen LogP contribution in [-0.2, 0) is 0 Å². The Labute approximate surface area is 185 Å². The third kappa shape index (κ3) is 3.61. The summed E-state index contributed by atoms with van der Waals surface area (Å²) < 4.78 is 0. The number of nitrogens with zero attached hydrogens (tertiary/aromatic N) is 3. The molecule has 3 aliphatic rings. The number of para-hydroxylation sites is 1. The van der Waals surface area contributed by atoms with Crippen LogP contribution in [0.1, 0.15) is 39.9 Å². The molecule has 1 N–H and O–H groups in total. The molecule has 0 bridgehead atoms. The van der Waals surface area contributed by atoms with Gasteiger partial charge in [0.25, 0.3) is 5.91 Å². The Hall–Kier alpha value is -2.79. The first-order valence-electron chi connectivity index (χ1n) is 11.3. The summed E-state index contributed by atoms with van der Waals surface area (Å²) >= 11 is 0. The van der Waals surface area contributed by atoms with E-state index in [1.165, 1.54) is 16.8 Å². The van der Waals surface area contributed by atoms with Crippen molar-refractivity contribution in [2.45, 2.75) is 18.4 Å². The number of hydrogen-bond acceptors (Lipinski definition) is 4. The lowest BCUT2D eigenvalue weighted by Crippen LogP contribution is -2.47. The van der Waals surface area contributed by atoms with Crippen LogP contribution in [0, 0.1) is 5.92 Å². The van der Waals surface area contributed by atoms with Gasteiger partial charge in [0.05, 0.1) is 17.3 Å². The molecule has 2 aliphatic heterocycles. The maximum absolute atomic E-state index is 13.5. The molecule has 162 valence electrons. The number of fused-ring (bicyclic) bond motifs is 3. The molecule has 5 rings (SSSR count). The standard InChI is InChI=1S/C26H32N4O/c1-28(2)19-12-10-18(11-13-19)24-21-7-4-6-20(21)22-8-5-9-23(25(22)27-24)26(31)30-16-14-29(3)15-17-30/h4-6,8-13,20-21,24,27H,7,14-17H2,1-3H3. The molecule has 0 spiro atoms. The summed E-state index contributed by atoms with van der Waals surface area (Å²) in [4.78, 5) is 19.9. The van der Waals surface area contributed by atoms with E-state index in [0.29, 0.717) is 11.8 Å². The summed E-state index contributed by atoms with van der Waals surface area (Å²) in [6.45, 7) is 3.45. The van der Waals surface area contributed by atoms with Crippen molar-refractivity contribution >= 4 is 17.3 Å². The fourth-order valence-electron chi connectivity index (χ4n) is 5.29. The monoisotopic (exact) mass is 416 g/mol. The maximum Gasteiger partial charge on any atom is 0.256 e. The van der Waals surface area contributed by atoms with Crippen LogP contribution in [0.25, 0.3) is 0 Å². The number of likely N-dealkylation sites (N-methyl/N-ethyl adjacent to an activating group) is 1. The number of anilines is 2. The zero-order valence-electron chi connectivity index (χ0n) is 18.7. The van der Waals surface area contributed by atoms with Gasteiger partial charge in [-0.05, 0) is 48.7 Å². The summed E-state index contributed by atoms with van der Waals surface area (Å²) in [5.74, 6) is 0.987. The molecule has 0 saturated carbocycles. The van der Waals surface area contributed by atoms with E-state index < -0.39 is 0 Å². The van der Waals surface area contributed by atoms with Crippen LogP contribution < -0.4 is 10.2 Å². The first kappa shape index (κ1) is 20.1. The minimum atomic E-state index is 0.152. The topological polar surface area (TPSA) is 38.8 Å². The van der Waals surface area contributed by atoms with Crippen molar-refractivity contribution in [1.82, 2.24) is 9.80 Å². The molecule has 1 fully saturated rings. The van der Waals surface area contributed by atoms with Gasteiger partial charge in [-0.25, -0.2) is 0 Å². The Kier molecular flexibility index (Phi) is 5.22. The zero-order valence-corrected chi connectivity index (χ0v) is 18.7. The van der Waals surface area contributed by atoms with Gasteiger partial charge in [-0.2, -0.15) is 0 Å². The third-order valence-electron chi connectivity index (χ3n) is 7.19. The first-order valence-corrected chi connectivity index (χ1v) is 11.3. The van der Waals surface area contributed by atoms with Crippen LogP contribution in [0.5, 0.6) is 0 Å². The van der Waals surface area contributed by atoms with Gasteiger partial charge >= 0.3 is 0 Å². The van der Waals surface area contributed by atoms with Gasteiger partial charge in [0, 0.05) is 51.9 Å². The highest BCUT2D eigenvalue weighted by atomic mass is 16.2. The Morgan fingerprint density at radius 1 is 1.03 bits per heavy atom. The van der Waals surface area contributed by atoms with Crippen molar-refractivity contribution in [2.24, 2.45) is 5.92 Å². The molecule has 2 aromatic carbocycles. The van der Waals surface area contributed by atoms with Crippen molar-refractivity contribution < 1.29 is 4.79 Å². The second-order valence-electron chi connectivity index (χ2n) is 9.33. The van der Waals surface area contributed by atoms with Crippen molar-refractivity contribution in [2.75, 3.05) is 57.5 Å². The summed E-state index contributed by atoms with van der Waals surface area (Å²) in [7, 11) is 6.25. The highest BCUT2D eigenvalue weighted by Gasteiger charge is 2.39. The van der Waals surface area contributed by atoms with Crippen LogP contribution >= 0.6 is 0 Å². The molecule has 1 saturated heterocycles. The van der Waals surface area contributed by atoms with Gasteiger partial charge in [-0.15, -0.1) is 0 Å². The summed E-state index contributed by atoms with van der Waals surface area (Å²) in [5, 5.41) is 3.82. The number of carbonyl (C=O) groups excluding carboxylic acids is 1. The third-order valence-corrected chi connectivity index (χ3v) is 7.19. The predicted octanol–water partition coefficient (Wildman–Crippen LogP) is 3.97. The number of hydrogen-bond donors (Lipinski definition) is 1. The number of carbonyl (C=O) groups is 1. The molecule has 3 atom stereocenters. The number of piperazine rings is 1. The number of benzene rings is 2. The maximum atomic E-state index is 13.5. The quantitative estimate of drug-likeness (QED) is 0.769. The van der Waals surface area contributed by atoms with Gasteiger partial charge in [-0.1, -0.05) is 36.4 Å². The van der Waals surface area contributed by atoms with E-state index in [1.807, 2.05) is 11.0 Å². The lowest BCUT2D eigenvalue weighted by Gasteiger charge is -2.39. The van der Waals surface area contributed by atoms with Crippen LogP contribution in [0.2, 0.25) is 0 Å². The Bertz CT molecular complexity index is 989. The Balaban J connectivity index is 1.50. The van der Waals surface area contributed by atoms with Crippen molar-refractivity contribution in [3.8, 4) is 0 Å². The average molecular weight is 417 g/mol. The first-order chi connectivity index (χ1) is 15.0. The molecule has 0 aromatic heterocycles. The van der Waals surface area contributed by atoms with E-state index in [4.69, 9.17) is 0 Å². The van der Waals surface area contributed by atoms with E-state index in [2.05, 4.69) is 84.8 Å². The predicted molar refractivity (Wildman–Crippen MR) is 127 cm³/mol. The van der Waals surface area contributed by atoms with Crippen LogP contribution in [-0.4, -0.2) is 63.0 Å². The summed E-state index contributed by atoms with van der Waals surface area (Å²) in [6, 6.07) is 15.3. The fourth-order valence-corrected chi connectivity index (χ4v) is 5.29. The Morgan fingerprint density at radius 3 is 2.48 bits per heavy atom. The van der Waals surface area contributed by atoms with Crippen molar-refractivity contribution in [3.05, 3.63) is 71.3 Å². The molecule has 5 heteroatoms. The average Bonchev–Trinajstić information content (AvgIpc) is 3.28. The molecule has 5 nitrogen and oxygen atoms in total. The van der Waals surface area contributed by atoms with E-state index >= 15 is 0 Å². The number of amides is 1. The molecular formula is C26H32N4O. The number of nitrogens with one attached hydrogen (secondary N) is 1. The largest absolute Gasteiger partial charge is 0.378 e. The summed E-state index contributed by atoms with van der Waals surface area (Å²) in [5.41, 5.74) is 5.60. The smallest absolute Gasteiger partial charge is 0.256 e. The van der Waals surface area contributed by atoms with Gasteiger partial charge in [0.15, 0.2) is 0 Å². The van der Waals surface area contributed by atoms with Crippen LogP contribution in [0.3, 0.4) is 0 Å². The second kappa shape index (κ2) is 8.04. The van der Waals surface area contributed by atoms with Gasteiger partial charge in [-0.3, -0.25) is 4.79 Å². The molecule has 1 amide bonds. The van der Waals surface area contributed by atoms with Gasteiger partial charge < -0.3 is 20.0 Å². The fraction of sp³-hybridized carbons (Fsp3) is 0.423. The highest BCUT2D eigenvalue weighted by Crippen LogP contribution is 2.50. The minimum Gasteiger partial charge on any atom is -0.378 e. The SMILES string of the molecule is CN1CCN(C(=O)c2cccc3c2NC(c2ccc(N(C)C)cc2)C2CC=CC32)CC1. The lowest BCUT2D eigenvalue weighted by molar-refractivity contribution is 0.0664. The molecule has 2 aromatic rings.